The summed E-state index contributed by atoms with van der Waals surface area (Å²) in [5, 5.41) is 0. The predicted octanol–water partition coefficient (Wildman–Crippen LogP) is 1.99. The Bertz CT molecular complexity index is 596. The highest BCUT2D eigenvalue weighted by molar-refractivity contribution is 9.10. The third kappa shape index (κ3) is 3.97. The number of nitrogens with zero attached hydrogens (tertiary/aromatic N) is 2. The van der Waals surface area contributed by atoms with E-state index in [1.807, 2.05) is 0 Å². The lowest BCUT2D eigenvalue weighted by molar-refractivity contribution is 0.172. The molecule has 7 heteroatoms. The van der Waals surface area contributed by atoms with Crippen LogP contribution in [0, 0.1) is 5.92 Å². The summed E-state index contributed by atoms with van der Waals surface area (Å²) < 4.78 is 27.4. The first-order valence-electron chi connectivity index (χ1n) is 7.08. The third-order valence-corrected chi connectivity index (χ3v) is 6.15. The Hall–Kier alpha value is -0.630. The van der Waals surface area contributed by atoms with Crippen LogP contribution in [0.3, 0.4) is 0 Å². The molecule has 1 heterocycles. The maximum atomic E-state index is 12.6. The molecule has 0 aromatic heterocycles. The largest absolute Gasteiger partial charge is 0.398 e. The van der Waals surface area contributed by atoms with Gasteiger partial charge in [-0.15, -0.1) is 0 Å². The minimum absolute atomic E-state index is 0.292. The maximum Gasteiger partial charge on any atom is 0.243 e. The lowest BCUT2D eigenvalue weighted by Crippen LogP contribution is -2.49. The van der Waals surface area contributed by atoms with Crippen molar-refractivity contribution in [2.45, 2.75) is 18.7 Å². The molecule has 1 aliphatic heterocycles. The van der Waals surface area contributed by atoms with Crippen LogP contribution in [0.4, 0.5) is 5.69 Å². The van der Waals surface area contributed by atoms with E-state index in [0.29, 0.717) is 34.1 Å². The van der Waals surface area contributed by atoms with E-state index < -0.39 is 10.0 Å². The van der Waals surface area contributed by atoms with Crippen LogP contribution in [0.15, 0.2) is 27.6 Å². The molecule has 0 aliphatic carbocycles. The van der Waals surface area contributed by atoms with Crippen molar-refractivity contribution < 1.29 is 8.42 Å². The van der Waals surface area contributed by atoms with Crippen LogP contribution in [0.25, 0.3) is 0 Å². The van der Waals surface area contributed by atoms with Crippen LogP contribution >= 0.6 is 15.9 Å². The molecular weight excluding hydrogens is 354 g/mol. The number of halogens is 1. The van der Waals surface area contributed by atoms with Crippen molar-refractivity contribution in [2.24, 2.45) is 5.92 Å². The standard InChI is InChI=1S/C14H22BrN3O2S/c1-11(2)10-17-5-7-18(8-6-17)21(19,20)12-3-4-14(16)13(15)9-12/h3-4,9,11H,5-8,10,16H2,1-2H3. The Morgan fingerprint density at radius 2 is 1.86 bits per heavy atom. The van der Waals surface area contributed by atoms with Crippen molar-refractivity contribution in [2.75, 3.05) is 38.5 Å². The van der Waals surface area contributed by atoms with Gasteiger partial charge in [0.15, 0.2) is 0 Å². The van der Waals surface area contributed by atoms with E-state index in [-0.39, 0.29) is 0 Å². The fraction of sp³-hybridized carbons (Fsp3) is 0.571. The Morgan fingerprint density at radius 1 is 1.24 bits per heavy atom. The van der Waals surface area contributed by atoms with Gasteiger partial charge in [-0.05, 0) is 40.0 Å². The summed E-state index contributed by atoms with van der Waals surface area (Å²) in [6.45, 7) is 8.01. The second-order valence-corrected chi connectivity index (χ2v) is 8.57. The van der Waals surface area contributed by atoms with E-state index in [4.69, 9.17) is 5.73 Å². The molecule has 0 radical (unpaired) electrons. The van der Waals surface area contributed by atoms with Gasteiger partial charge in [-0.2, -0.15) is 4.31 Å². The number of rotatable bonds is 4. The summed E-state index contributed by atoms with van der Waals surface area (Å²) in [7, 11) is -3.43. The van der Waals surface area contributed by atoms with Crippen molar-refractivity contribution >= 4 is 31.6 Å². The Morgan fingerprint density at radius 3 is 2.38 bits per heavy atom. The highest BCUT2D eigenvalue weighted by atomic mass is 79.9. The zero-order valence-electron chi connectivity index (χ0n) is 12.4. The Balaban J connectivity index is 2.09. The first kappa shape index (κ1) is 16.7. The summed E-state index contributed by atoms with van der Waals surface area (Å²) in [4.78, 5) is 2.61. The highest BCUT2D eigenvalue weighted by Gasteiger charge is 2.28. The van der Waals surface area contributed by atoms with Gasteiger partial charge in [0.1, 0.15) is 0 Å². The monoisotopic (exact) mass is 375 g/mol. The number of hydrogen-bond acceptors (Lipinski definition) is 4. The summed E-state index contributed by atoms with van der Waals surface area (Å²) in [6.07, 6.45) is 0. The lowest BCUT2D eigenvalue weighted by Gasteiger charge is -2.34. The van der Waals surface area contributed by atoms with Crippen LogP contribution in [0.5, 0.6) is 0 Å². The fourth-order valence-corrected chi connectivity index (χ4v) is 4.47. The van der Waals surface area contributed by atoms with Crippen LogP contribution in [-0.2, 0) is 10.0 Å². The molecule has 1 saturated heterocycles. The first-order chi connectivity index (χ1) is 9.80. The predicted molar refractivity (Wildman–Crippen MR) is 88.6 cm³/mol. The molecule has 118 valence electrons. The fourth-order valence-electron chi connectivity index (χ4n) is 2.49. The molecule has 2 N–H and O–H groups in total. The third-order valence-electron chi connectivity index (χ3n) is 3.56. The Labute approximate surface area is 135 Å². The number of benzene rings is 1. The van der Waals surface area contributed by atoms with E-state index in [9.17, 15) is 8.42 Å². The quantitative estimate of drug-likeness (QED) is 0.817. The van der Waals surface area contributed by atoms with E-state index in [0.717, 1.165) is 19.6 Å². The van der Waals surface area contributed by atoms with Crippen molar-refractivity contribution in [3.63, 3.8) is 0 Å². The van der Waals surface area contributed by atoms with Gasteiger partial charge < -0.3 is 10.6 Å². The average molecular weight is 376 g/mol. The van der Waals surface area contributed by atoms with Gasteiger partial charge in [-0.3, -0.25) is 0 Å². The number of nitrogens with two attached hydrogens (primary N) is 1. The summed E-state index contributed by atoms with van der Waals surface area (Å²) in [5.41, 5.74) is 6.25. The van der Waals surface area contributed by atoms with Gasteiger partial charge >= 0.3 is 0 Å². The van der Waals surface area contributed by atoms with Crippen molar-refractivity contribution in [3.05, 3.63) is 22.7 Å². The van der Waals surface area contributed by atoms with E-state index >= 15 is 0 Å². The normalized spacial score (nSPS) is 18.3. The molecular formula is C14H22BrN3O2S. The van der Waals surface area contributed by atoms with Crippen LogP contribution in [0.1, 0.15) is 13.8 Å². The molecule has 0 unspecified atom stereocenters. The number of piperazine rings is 1. The molecule has 21 heavy (non-hydrogen) atoms. The van der Waals surface area contributed by atoms with Gasteiger partial charge in [0.2, 0.25) is 10.0 Å². The van der Waals surface area contributed by atoms with E-state index in [1.54, 1.807) is 22.5 Å². The summed E-state index contributed by atoms with van der Waals surface area (Å²) in [6, 6.07) is 4.76. The first-order valence-corrected chi connectivity index (χ1v) is 9.31. The SMILES string of the molecule is CC(C)CN1CCN(S(=O)(=O)c2ccc(N)c(Br)c2)CC1. The van der Waals surface area contributed by atoms with E-state index in [1.165, 1.54) is 0 Å². The lowest BCUT2D eigenvalue weighted by atomic mass is 10.2. The number of anilines is 1. The molecule has 0 bridgehead atoms. The molecule has 0 amide bonds. The maximum absolute atomic E-state index is 12.6. The second kappa shape index (κ2) is 6.64. The second-order valence-electron chi connectivity index (χ2n) is 5.78. The van der Waals surface area contributed by atoms with Gasteiger partial charge in [0, 0.05) is 42.9 Å². The Kier molecular flexibility index (Phi) is 5.29. The van der Waals surface area contributed by atoms with Crippen molar-refractivity contribution in [1.29, 1.82) is 0 Å². The van der Waals surface area contributed by atoms with Crippen molar-refractivity contribution in [1.82, 2.24) is 9.21 Å². The molecule has 1 fully saturated rings. The molecule has 1 aromatic rings. The minimum atomic E-state index is -3.43. The van der Waals surface area contributed by atoms with Gasteiger partial charge in [0.05, 0.1) is 4.90 Å². The van der Waals surface area contributed by atoms with Crippen LogP contribution in [-0.4, -0.2) is 50.3 Å². The van der Waals surface area contributed by atoms with E-state index in [2.05, 4.69) is 34.7 Å². The molecule has 5 nitrogen and oxygen atoms in total. The number of nitrogen functional groups attached to an aromatic ring is 1. The summed E-state index contributed by atoms with van der Waals surface area (Å²) >= 11 is 3.28. The molecule has 2 rings (SSSR count). The van der Waals surface area contributed by atoms with Gasteiger partial charge in [-0.1, -0.05) is 13.8 Å². The summed E-state index contributed by atoms with van der Waals surface area (Å²) in [5.74, 6) is 0.598. The topological polar surface area (TPSA) is 66.6 Å². The average Bonchev–Trinajstić information content (AvgIpc) is 2.41. The van der Waals surface area contributed by atoms with Crippen molar-refractivity contribution in [3.8, 4) is 0 Å². The number of sulfonamides is 1. The zero-order chi connectivity index (χ0) is 15.6. The molecule has 0 spiro atoms. The van der Waals surface area contributed by atoms with Gasteiger partial charge in [0.25, 0.3) is 0 Å². The minimum Gasteiger partial charge on any atom is -0.398 e. The number of hydrogen-bond donors (Lipinski definition) is 1. The van der Waals surface area contributed by atoms with Crippen LogP contribution in [0.2, 0.25) is 0 Å². The highest BCUT2D eigenvalue weighted by Crippen LogP contribution is 2.25. The zero-order valence-corrected chi connectivity index (χ0v) is 14.8. The smallest absolute Gasteiger partial charge is 0.243 e. The molecule has 0 saturated carbocycles. The molecule has 1 aliphatic rings. The molecule has 1 aromatic carbocycles. The van der Waals surface area contributed by atoms with Gasteiger partial charge in [-0.25, -0.2) is 8.42 Å². The molecule has 0 atom stereocenters. The van der Waals surface area contributed by atoms with Crippen LogP contribution < -0.4 is 5.73 Å².